The third kappa shape index (κ3) is 4.18. The minimum atomic E-state index is -3.34. The quantitative estimate of drug-likeness (QED) is 0.834. The van der Waals surface area contributed by atoms with Gasteiger partial charge >= 0.3 is 0 Å². The molecular formula is C15H25N3O2S. The number of nitrogens with zero attached hydrogens (tertiary/aromatic N) is 1. The van der Waals surface area contributed by atoms with Gasteiger partial charge in [0, 0.05) is 18.8 Å². The van der Waals surface area contributed by atoms with Crippen LogP contribution in [0.2, 0.25) is 0 Å². The largest absolute Gasteiger partial charge is 0.372 e. The number of anilines is 1. The number of nitrogens with one attached hydrogen (secondary N) is 2. The molecule has 1 aromatic carbocycles. The van der Waals surface area contributed by atoms with Gasteiger partial charge in [0.15, 0.2) is 0 Å². The molecule has 2 rings (SSSR count). The van der Waals surface area contributed by atoms with Gasteiger partial charge in [-0.05, 0) is 70.1 Å². The Morgan fingerprint density at radius 1 is 1.14 bits per heavy atom. The minimum absolute atomic E-state index is 0.317. The first-order valence-corrected chi connectivity index (χ1v) is 8.98. The van der Waals surface area contributed by atoms with Crippen molar-refractivity contribution in [3.63, 3.8) is 0 Å². The van der Waals surface area contributed by atoms with Gasteiger partial charge in [-0.25, -0.2) is 13.1 Å². The van der Waals surface area contributed by atoms with Gasteiger partial charge in [0.2, 0.25) is 10.0 Å². The van der Waals surface area contributed by atoms with Crippen LogP contribution < -0.4 is 14.9 Å². The Balaban J connectivity index is 1.95. The van der Waals surface area contributed by atoms with Crippen molar-refractivity contribution in [2.45, 2.75) is 24.2 Å². The summed E-state index contributed by atoms with van der Waals surface area (Å²) in [6.45, 7) is 3.18. The van der Waals surface area contributed by atoms with E-state index in [1.807, 2.05) is 19.2 Å². The van der Waals surface area contributed by atoms with Gasteiger partial charge in [-0.2, -0.15) is 0 Å². The fraction of sp³-hybridized carbons (Fsp3) is 0.600. The van der Waals surface area contributed by atoms with Crippen LogP contribution in [0, 0.1) is 5.92 Å². The highest BCUT2D eigenvalue weighted by molar-refractivity contribution is 7.89. The molecule has 2 N–H and O–H groups in total. The van der Waals surface area contributed by atoms with Crippen molar-refractivity contribution in [2.75, 3.05) is 38.6 Å². The molecule has 0 atom stereocenters. The zero-order valence-corrected chi connectivity index (χ0v) is 13.6. The Morgan fingerprint density at radius 2 is 1.76 bits per heavy atom. The zero-order chi connectivity index (χ0) is 15.3. The van der Waals surface area contributed by atoms with E-state index in [1.165, 1.54) is 26.3 Å². The maximum atomic E-state index is 11.7. The second-order valence-electron chi connectivity index (χ2n) is 5.52. The molecule has 0 unspecified atom stereocenters. The minimum Gasteiger partial charge on any atom is -0.372 e. The fourth-order valence-electron chi connectivity index (χ4n) is 2.78. The first-order valence-electron chi connectivity index (χ1n) is 7.50. The molecule has 1 aliphatic rings. The van der Waals surface area contributed by atoms with Crippen molar-refractivity contribution in [2.24, 2.45) is 5.92 Å². The van der Waals surface area contributed by atoms with E-state index >= 15 is 0 Å². The summed E-state index contributed by atoms with van der Waals surface area (Å²) in [5.74, 6) is 0.803. The lowest BCUT2D eigenvalue weighted by Crippen LogP contribution is -2.34. The summed E-state index contributed by atoms with van der Waals surface area (Å²) in [7, 11) is 0.0855. The van der Waals surface area contributed by atoms with Crippen molar-refractivity contribution in [1.82, 2.24) is 10.0 Å². The third-order valence-electron chi connectivity index (χ3n) is 4.20. The van der Waals surface area contributed by atoms with E-state index in [2.05, 4.69) is 14.9 Å². The average molecular weight is 311 g/mol. The molecule has 1 aliphatic heterocycles. The molecule has 0 aromatic heterocycles. The van der Waals surface area contributed by atoms with Crippen LogP contribution in [-0.4, -0.2) is 42.1 Å². The van der Waals surface area contributed by atoms with Gasteiger partial charge < -0.3 is 10.2 Å². The molecule has 118 valence electrons. The van der Waals surface area contributed by atoms with Crippen LogP contribution in [0.5, 0.6) is 0 Å². The molecule has 1 heterocycles. The van der Waals surface area contributed by atoms with Crippen molar-refractivity contribution in [3.05, 3.63) is 24.3 Å². The van der Waals surface area contributed by atoms with Gasteiger partial charge in [0.25, 0.3) is 0 Å². The van der Waals surface area contributed by atoms with Gasteiger partial charge in [-0.15, -0.1) is 0 Å². The van der Waals surface area contributed by atoms with Crippen LogP contribution >= 0.6 is 0 Å². The van der Waals surface area contributed by atoms with E-state index < -0.39 is 10.0 Å². The Labute approximate surface area is 127 Å². The smallest absolute Gasteiger partial charge is 0.240 e. The molecule has 0 bridgehead atoms. The van der Waals surface area contributed by atoms with Crippen molar-refractivity contribution in [1.29, 1.82) is 0 Å². The average Bonchev–Trinajstić information content (AvgIpc) is 2.53. The lowest BCUT2D eigenvalue weighted by Gasteiger charge is -2.33. The number of hydrogen-bond acceptors (Lipinski definition) is 4. The molecule has 0 radical (unpaired) electrons. The Bertz CT molecular complexity index is 535. The number of piperidine rings is 1. The first kappa shape index (κ1) is 16.3. The Morgan fingerprint density at radius 3 is 2.29 bits per heavy atom. The standard InChI is InChI=1S/C15H25N3O2S/c1-16-10-7-13-8-11-18(12-9-13)14-3-5-15(6-4-14)21(19,20)17-2/h3-6,13,16-17H,7-12H2,1-2H3. The number of rotatable bonds is 6. The summed E-state index contributed by atoms with van der Waals surface area (Å²) in [5.41, 5.74) is 1.11. The van der Waals surface area contributed by atoms with Crippen LogP contribution in [0.15, 0.2) is 29.2 Å². The molecule has 1 fully saturated rings. The lowest BCUT2D eigenvalue weighted by molar-refractivity contribution is 0.378. The Hall–Kier alpha value is -1.11. The van der Waals surface area contributed by atoms with E-state index in [9.17, 15) is 8.42 Å². The number of benzene rings is 1. The van der Waals surface area contributed by atoms with Crippen LogP contribution in [-0.2, 0) is 10.0 Å². The summed E-state index contributed by atoms with van der Waals surface area (Å²) >= 11 is 0. The van der Waals surface area contributed by atoms with Gasteiger partial charge in [0.1, 0.15) is 0 Å². The first-order chi connectivity index (χ1) is 10.1. The van der Waals surface area contributed by atoms with Gasteiger partial charge in [-0.3, -0.25) is 0 Å². The molecule has 21 heavy (non-hydrogen) atoms. The second-order valence-corrected chi connectivity index (χ2v) is 7.41. The van der Waals surface area contributed by atoms with E-state index in [0.717, 1.165) is 31.2 Å². The van der Waals surface area contributed by atoms with Crippen LogP contribution in [0.4, 0.5) is 5.69 Å². The molecule has 1 saturated heterocycles. The van der Waals surface area contributed by atoms with E-state index in [1.54, 1.807) is 12.1 Å². The molecule has 0 aliphatic carbocycles. The molecule has 6 heteroatoms. The molecule has 0 amide bonds. The molecule has 5 nitrogen and oxygen atoms in total. The molecule has 1 aromatic rings. The predicted octanol–water partition coefficient (Wildman–Crippen LogP) is 1.42. The molecular weight excluding hydrogens is 286 g/mol. The SMILES string of the molecule is CNCCC1CCN(c2ccc(S(=O)(=O)NC)cc2)CC1. The summed E-state index contributed by atoms with van der Waals surface area (Å²) in [6.07, 6.45) is 3.65. The van der Waals surface area contributed by atoms with Gasteiger partial charge in [0.05, 0.1) is 4.90 Å². The highest BCUT2D eigenvalue weighted by Gasteiger charge is 2.19. The highest BCUT2D eigenvalue weighted by atomic mass is 32.2. The monoisotopic (exact) mass is 311 g/mol. The molecule has 0 saturated carbocycles. The fourth-order valence-corrected chi connectivity index (χ4v) is 3.51. The summed E-state index contributed by atoms with van der Waals surface area (Å²) in [6, 6.07) is 7.15. The van der Waals surface area contributed by atoms with Crippen LogP contribution in [0.25, 0.3) is 0 Å². The van der Waals surface area contributed by atoms with Crippen LogP contribution in [0.3, 0.4) is 0 Å². The second kappa shape index (κ2) is 7.24. The van der Waals surface area contributed by atoms with Crippen molar-refractivity contribution < 1.29 is 8.42 Å². The highest BCUT2D eigenvalue weighted by Crippen LogP contribution is 2.25. The zero-order valence-electron chi connectivity index (χ0n) is 12.8. The van der Waals surface area contributed by atoms with Gasteiger partial charge in [-0.1, -0.05) is 0 Å². The maximum Gasteiger partial charge on any atom is 0.240 e. The van der Waals surface area contributed by atoms with E-state index in [0.29, 0.717) is 4.90 Å². The summed E-state index contributed by atoms with van der Waals surface area (Å²) in [5, 5.41) is 3.21. The topological polar surface area (TPSA) is 61.4 Å². The summed E-state index contributed by atoms with van der Waals surface area (Å²) < 4.78 is 25.7. The van der Waals surface area contributed by atoms with Crippen molar-refractivity contribution in [3.8, 4) is 0 Å². The van der Waals surface area contributed by atoms with Crippen molar-refractivity contribution >= 4 is 15.7 Å². The van der Waals surface area contributed by atoms with Crippen LogP contribution in [0.1, 0.15) is 19.3 Å². The van der Waals surface area contributed by atoms with E-state index in [4.69, 9.17) is 0 Å². The Kier molecular flexibility index (Phi) is 5.61. The number of sulfonamides is 1. The number of hydrogen-bond donors (Lipinski definition) is 2. The maximum absolute atomic E-state index is 11.7. The van der Waals surface area contributed by atoms with E-state index in [-0.39, 0.29) is 0 Å². The summed E-state index contributed by atoms with van der Waals surface area (Å²) in [4.78, 5) is 2.66. The normalized spacial score (nSPS) is 17.1. The predicted molar refractivity (Wildman–Crippen MR) is 86.2 cm³/mol. The third-order valence-corrected chi connectivity index (χ3v) is 5.63. The molecule has 0 spiro atoms. The lowest BCUT2D eigenvalue weighted by atomic mass is 9.93.